The van der Waals surface area contributed by atoms with Crippen molar-refractivity contribution in [1.29, 1.82) is 0 Å². The fourth-order valence-corrected chi connectivity index (χ4v) is 4.28. The molecule has 0 unspecified atom stereocenters. The van der Waals surface area contributed by atoms with Crippen LogP contribution in [0.5, 0.6) is 0 Å². The van der Waals surface area contributed by atoms with Crippen LogP contribution in [-0.2, 0) is 4.79 Å². The van der Waals surface area contributed by atoms with Crippen molar-refractivity contribution in [3.63, 3.8) is 0 Å². The lowest BCUT2D eigenvalue weighted by atomic mass is 9.82. The summed E-state index contributed by atoms with van der Waals surface area (Å²) in [6, 6.07) is 0. The molecule has 1 aliphatic carbocycles. The predicted molar refractivity (Wildman–Crippen MR) is 91.3 cm³/mol. The first kappa shape index (κ1) is 17.0. The van der Waals surface area contributed by atoms with Crippen molar-refractivity contribution in [3.8, 4) is 0 Å². The minimum Gasteiger partial charge on any atom is -0.481 e. The van der Waals surface area contributed by atoms with Gasteiger partial charge in [0.15, 0.2) is 0 Å². The zero-order valence-electron chi connectivity index (χ0n) is 12.8. The monoisotopic (exact) mass is 330 g/mol. The lowest BCUT2D eigenvalue weighted by Gasteiger charge is -2.39. The van der Waals surface area contributed by atoms with Crippen molar-refractivity contribution in [2.45, 2.75) is 45.4 Å². The van der Waals surface area contributed by atoms with Gasteiger partial charge in [-0.3, -0.25) is 9.69 Å². The van der Waals surface area contributed by atoms with Gasteiger partial charge < -0.3 is 10.0 Å². The number of thioether (sulfide) groups is 1. The van der Waals surface area contributed by atoms with Gasteiger partial charge >= 0.3 is 5.97 Å². The van der Waals surface area contributed by atoms with E-state index >= 15 is 0 Å². The molecule has 1 aliphatic heterocycles. The summed E-state index contributed by atoms with van der Waals surface area (Å²) in [4.78, 5) is 15.8. The molecule has 1 saturated carbocycles. The standard InChI is InChI=1S/C15H26N2O2S2/c1-2-3-8-17-10-16(11-21-15(17)20)9-12-4-6-13(7-5-12)14(18)19/h12-13H,2-11H2,1H3,(H,18,19). The molecule has 0 bridgehead atoms. The van der Waals surface area contributed by atoms with Crippen molar-refractivity contribution < 1.29 is 9.90 Å². The molecule has 2 aliphatic rings. The summed E-state index contributed by atoms with van der Waals surface area (Å²) in [6.45, 7) is 5.30. The number of carbonyl (C=O) groups is 1. The summed E-state index contributed by atoms with van der Waals surface area (Å²) in [5.74, 6) is 0.921. The van der Waals surface area contributed by atoms with Crippen LogP contribution in [0.2, 0.25) is 0 Å². The summed E-state index contributed by atoms with van der Waals surface area (Å²) in [5.41, 5.74) is 0. The van der Waals surface area contributed by atoms with E-state index in [0.29, 0.717) is 5.92 Å². The van der Waals surface area contributed by atoms with Crippen LogP contribution in [-0.4, -0.2) is 50.8 Å². The van der Waals surface area contributed by atoms with Crippen LogP contribution < -0.4 is 0 Å². The molecule has 0 atom stereocenters. The van der Waals surface area contributed by atoms with E-state index in [-0.39, 0.29) is 5.92 Å². The lowest BCUT2D eigenvalue weighted by molar-refractivity contribution is -0.143. The topological polar surface area (TPSA) is 43.8 Å². The van der Waals surface area contributed by atoms with E-state index < -0.39 is 5.97 Å². The van der Waals surface area contributed by atoms with Gasteiger partial charge in [0.05, 0.1) is 18.5 Å². The first-order valence-electron chi connectivity index (χ1n) is 7.97. The van der Waals surface area contributed by atoms with E-state index in [0.717, 1.165) is 55.6 Å². The largest absolute Gasteiger partial charge is 0.481 e. The molecule has 1 heterocycles. The van der Waals surface area contributed by atoms with Crippen LogP contribution in [0.25, 0.3) is 0 Å². The van der Waals surface area contributed by atoms with Crippen LogP contribution in [0.15, 0.2) is 0 Å². The van der Waals surface area contributed by atoms with Gasteiger partial charge in [-0.15, -0.1) is 0 Å². The van der Waals surface area contributed by atoms with Gasteiger partial charge in [-0.05, 0) is 38.0 Å². The highest BCUT2D eigenvalue weighted by molar-refractivity contribution is 8.22. The summed E-state index contributed by atoms with van der Waals surface area (Å²) in [6.07, 6.45) is 6.19. The SMILES string of the molecule is CCCCN1CN(CC2CCC(C(=O)O)CC2)CSC1=S. The fraction of sp³-hybridized carbons (Fsp3) is 0.867. The van der Waals surface area contributed by atoms with Crippen LogP contribution in [0.4, 0.5) is 0 Å². The molecule has 4 nitrogen and oxygen atoms in total. The van der Waals surface area contributed by atoms with Crippen molar-refractivity contribution in [3.05, 3.63) is 0 Å². The Labute approximate surface area is 137 Å². The minimum absolute atomic E-state index is 0.106. The number of carboxylic acids is 1. The van der Waals surface area contributed by atoms with Crippen LogP contribution in [0, 0.1) is 11.8 Å². The molecule has 2 fully saturated rings. The third kappa shape index (κ3) is 5.11. The second kappa shape index (κ2) is 8.34. The predicted octanol–water partition coefficient (Wildman–Crippen LogP) is 3.23. The molecule has 1 saturated heterocycles. The van der Waals surface area contributed by atoms with Crippen LogP contribution in [0.1, 0.15) is 45.4 Å². The summed E-state index contributed by atoms with van der Waals surface area (Å²) in [5, 5.41) is 9.06. The molecule has 1 N–H and O–H groups in total. The maximum Gasteiger partial charge on any atom is 0.306 e. The highest BCUT2D eigenvalue weighted by atomic mass is 32.2. The molecule has 0 radical (unpaired) electrons. The lowest BCUT2D eigenvalue weighted by Crippen LogP contribution is -2.47. The number of unbranched alkanes of at least 4 members (excludes halogenated alkanes) is 1. The van der Waals surface area contributed by atoms with E-state index in [1.807, 2.05) is 0 Å². The average molecular weight is 331 g/mol. The number of hydrogen-bond donors (Lipinski definition) is 1. The molecule has 0 aromatic heterocycles. The Hall–Kier alpha value is -0.330. The number of hydrogen-bond acceptors (Lipinski definition) is 4. The molecule has 0 aromatic rings. The summed E-state index contributed by atoms with van der Waals surface area (Å²) in [7, 11) is 0. The second-order valence-electron chi connectivity index (χ2n) is 6.21. The highest BCUT2D eigenvalue weighted by Gasteiger charge is 2.29. The Bertz CT molecular complexity index is 371. The molecule has 21 heavy (non-hydrogen) atoms. The quantitative estimate of drug-likeness (QED) is 0.754. The third-order valence-electron chi connectivity index (χ3n) is 4.49. The smallest absolute Gasteiger partial charge is 0.306 e. The van der Waals surface area contributed by atoms with Gasteiger partial charge in [0, 0.05) is 13.1 Å². The van der Waals surface area contributed by atoms with Crippen molar-refractivity contribution in [2.75, 3.05) is 25.6 Å². The molecule has 6 heteroatoms. The van der Waals surface area contributed by atoms with E-state index in [2.05, 4.69) is 16.7 Å². The normalized spacial score (nSPS) is 27.9. The number of nitrogens with zero attached hydrogens (tertiary/aromatic N) is 2. The maximum atomic E-state index is 11.0. The third-order valence-corrected chi connectivity index (χ3v) is 6.10. The van der Waals surface area contributed by atoms with Crippen LogP contribution in [0.3, 0.4) is 0 Å². The zero-order chi connectivity index (χ0) is 15.2. The van der Waals surface area contributed by atoms with Gasteiger partial charge in [0.1, 0.15) is 4.32 Å². The number of thiocarbonyl (C=S) groups is 1. The Morgan fingerprint density at radius 1 is 1.38 bits per heavy atom. The summed E-state index contributed by atoms with van der Waals surface area (Å²) < 4.78 is 1.04. The molecule has 0 spiro atoms. The maximum absolute atomic E-state index is 11.0. The number of rotatable bonds is 6. The Morgan fingerprint density at radius 2 is 2.10 bits per heavy atom. The van der Waals surface area contributed by atoms with Crippen molar-refractivity contribution >= 4 is 34.3 Å². The fourth-order valence-electron chi connectivity index (χ4n) is 3.16. The Balaban J connectivity index is 1.75. The Kier molecular flexibility index (Phi) is 6.76. The molecule has 0 amide bonds. The van der Waals surface area contributed by atoms with Crippen molar-refractivity contribution in [2.24, 2.45) is 11.8 Å². The Morgan fingerprint density at radius 3 is 2.71 bits per heavy atom. The first-order chi connectivity index (χ1) is 10.1. The van der Waals surface area contributed by atoms with Gasteiger partial charge in [0.25, 0.3) is 0 Å². The van der Waals surface area contributed by atoms with Gasteiger partial charge in [-0.1, -0.05) is 37.3 Å². The van der Waals surface area contributed by atoms with Crippen molar-refractivity contribution in [1.82, 2.24) is 9.80 Å². The van der Waals surface area contributed by atoms with Gasteiger partial charge in [-0.2, -0.15) is 0 Å². The number of aliphatic carboxylic acids is 1. The van der Waals surface area contributed by atoms with E-state index in [1.165, 1.54) is 12.8 Å². The van der Waals surface area contributed by atoms with Crippen LogP contribution >= 0.6 is 24.0 Å². The van der Waals surface area contributed by atoms with E-state index in [4.69, 9.17) is 17.3 Å². The molecule has 120 valence electrons. The molecule has 2 rings (SSSR count). The summed E-state index contributed by atoms with van der Waals surface area (Å²) >= 11 is 7.21. The van der Waals surface area contributed by atoms with E-state index in [9.17, 15) is 4.79 Å². The first-order valence-corrected chi connectivity index (χ1v) is 9.36. The zero-order valence-corrected chi connectivity index (χ0v) is 14.4. The van der Waals surface area contributed by atoms with E-state index in [1.54, 1.807) is 11.8 Å². The molecular formula is C15H26N2O2S2. The van der Waals surface area contributed by atoms with Gasteiger partial charge in [-0.25, -0.2) is 0 Å². The van der Waals surface area contributed by atoms with Gasteiger partial charge in [0.2, 0.25) is 0 Å². The minimum atomic E-state index is -0.613. The highest BCUT2D eigenvalue weighted by Crippen LogP contribution is 2.30. The molecule has 0 aromatic carbocycles. The molecular weight excluding hydrogens is 304 g/mol. The average Bonchev–Trinajstić information content (AvgIpc) is 2.48. The number of carboxylic acid groups (broad SMARTS) is 1. The second-order valence-corrected chi connectivity index (χ2v) is 7.79.